The van der Waals surface area contributed by atoms with Gasteiger partial charge in [-0.25, -0.2) is 4.79 Å². The van der Waals surface area contributed by atoms with E-state index in [9.17, 15) is 14.4 Å². The summed E-state index contributed by atoms with van der Waals surface area (Å²) in [5, 5.41) is 0. The van der Waals surface area contributed by atoms with E-state index in [0.717, 1.165) is 17.7 Å². The number of rotatable bonds is 5. The van der Waals surface area contributed by atoms with Gasteiger partial charge in [0, 0.05) is 31.6 Å². The van der Waals surface area contributed by atoms with Gasteiger partial charge < -0.3 is 14.5 Å². The number of carbonyl (C=O) groups excluding carboxylic acids is 3. The molecule has 1 aliphatic rings. The molecule has 0 fully saturated rings. The van der Waals surface area contributed by atoms with Crippen LogP contribution in [0.5, 0.6) is 0 Å². The molecule has 2 aromatic rings. The van der Waals surface area contributed by atoms with Crippen LogP contribution in [-0.4, -0.2) is 37.5 Å². The van der Waals surface area contributed by atoms with E-state index in [4.69, 9.17) is 4.74 Å². The molecule has 1 unspecified atom stereocenters. The lowest BCUT2D eigenvalue weighted by Crippen LogP contribution is -2.39. The molecule has 0 saturated heterocycles. The van der Waals surface area contributed by atoms with Crippen molar-refractivity contribution in [3.8, 4) is 0 Å². The largest absolute Gasteiger partial charge is 0.465 e. The van der Waals surface area contributed by atoms with E-state index < -0.39 is 5.97 Å². The van der Waals surface area contributed by atoms with Crippen molar-refractivity contribution in [2.45, 2.75) is 32.7 Å². The first kappa shape index (κ1) is 19.6. The second-order valence-corrected chi connectivity index (χ2v) is 6.87. The Morgan fingerprint density at radius 3 is 2.50 bits per heavy atom. The second kappa shape index (κ2) is 8.25. The molecule has 6 nitrogen and oxygen atoms in total. The van der Waals surface area contributed by atoms with Crippen molar-refractivity contribution in [1.82, 2.24) is 0 Å². The van der Waals surface area contributed by atoms with E-state index in [0.29, 0.717) is 11.3 Å². The Labute approximate surface area is 164 Å². The Morgan fingerprint density at radius 1 is 1.11 bits per heavy atom. The average Bonchev–Trinajstić information content (AvgIpc) is 3.03. The maximum atomic E-state index is 12.9. The Kier molecular flexibility index (Phi) is 5.78. The van der Waals surface area contributed by atoms with Gasteiger partial charge in [0.15, 0.2) is 0 Å². The van der Waals surface area contributed by atoms with E-state index in [2.05, 4.69) is 0 Å². The molecule has 0 N–H and O–H groups in total. The highest BCUT2D eigenvalue weighted by Crippen LogP contribution is 2.32. The van der Waals surface area contributed by atoms with Crippen molar-refractivity contribution in [2.75, 3.05) is 23.5 Å². The average molecular weight is 380 g/mol. The van der Waals surface area contributed by atoms with Gasteiger partial charge in [-0.05, 0) is 37.1 Å². The van der Waals surface area contributed by atoms with E-state index in [1.807, 2.05) is 31.2 Å². The van der Waals surface area contributed by atoms with Crippen molar-refractivity contribution < 1.29 is 19.1 Å². The fraction of sp³-hybridized carbons (Fsp3) is 0.318. The van der Waals surface area contributed by atoms with Gasteiger partial charge in [0.05, 0.1) is 18.4 Å². The SMILES string of the molecule is COC(=O)c1ccccc1N(CCC(=O)N1c2ccccc2CC1C)C(C)=O. The van der Waals surface area contributed by atoms with Gasteiger partial charge in [0.25, 0.3) is 0 Å². The predicted octanol–water partition coefficient (Wildman–Crippen LogP) is 3.19. The second-order valence-electron chi connectivity index (χ2n) is 6.87. The zero-order valence-corrected chi connectivity index (χ0v) is 16.3. The summed E-state index contributed by atoms with van der Waals surface area (Å²) in [6.45, 7) is 3.63. The quantitative estimate of drug-likeness (QED) is 0.747. The fourth-order valence-corrected chi connectivity index (χ4v) is 3.71. The van der Waals surface area contributed by atoms with Crippen LogP contribution in [0.3, 0.4) is 0 Å². The number of hydrogen-bond acceptors (Lipinski definition) is 4. The molecule has 6 heteroatoms. The molecule has 1 atom stereocenters. The fourth-order valence-electron chi connectivity index (χ4n) is 3.71. The number of carbonyl (C=O) groups is 3. The summed E-state index contributed by atoms with van der Waals surface area (Å²) in [7, 11) is 1.30. The minimum Gasteiger partial charge on any atom is -0.465 e. The zero-order valence-electron chi connectivity index (χ0n) is 16.3. The minimum absolute atomic E-state index is 0.0424. The lowest BCUT2D eigenvalue weighted by molar-refractivity contribution is -0.119. The molecular weight excluding hydrogens is 356 g/mol. The highest BCUT2D eigenvalue weighted by atomic mass is 16.5. The topological polar surface area (TPSA) is 66.9 Å². The number of nitrogens with zero attached hydrogens (tertiary/aromatic N) is 2. The van der Waals surface area contributed by atoms with Gasteiger partial charge in [-0.1, -0.05) is 30.3 Å². The number of methoxy groups -OCH3 is 1. The van der Waals surface area contributed by atoms with Crippen LogP contribution in [0.15, 0.2) is 48.5 Å². The number of esters is 1. The maximum Gasteiger partial charge on any atom is 0.339 e. The molecule has 1 aliphatic heterocycles. The molecule has 0 aliphatic carbocycles. The Morgan fingerprint density at radius 2 is 1.79 bits per heavy atom. The number of anilines is 2. The van der Waals surface area contributed by atoms with Crippen LogP contribution in [0.1, 0.15) is 36.2 Å². The van der Waals surface area contributed by atoms with Crippen molar-refractivity contribution in [3.63, 3.8) is 0 Å². The number of para-hydroxylation sites is 2. The Hall–Kier alpha value is -3.15. The summed E-state index contributed by atoms with van der Waals surface area (Å²) < 4.78 is 4.81. The van der Waals surface area contributed by atoms with E-state index in [1.165, 1.54) is 18.9 Å². The van der Waals surface area contributed by atoms with Gasteiger partial charge in [-0.3, -0.25) is 9.59 Å². The number of fused-ring (bicyclic) bond motifs is 1. The van der Waals surface area contributed by atoms with Crippen molar-refractivity contribution in [1.29, 1.82) is 0 Å². The first-order chi connectivity index (χ1) is 13.4. The molecule has 0 radical (unpaired) electrons. The van der Waals surface area contributed by atoms with Crippen LogP contribution in [0.25, 0.3) is 0 Å². The third kappa shape index (κ3) is 3.76. The zero-order chi connectivity index (χ0) is 20.3. The molecule has 0 bridgehead atoms. The van der Waals surface area contributed by atoms with Crippen LogP contribution in [-0.2, 0) is 20.7 Å². The van der Waals surface area contributed by atoms with Gasteiger partial charge in [-0.2, -0.15) is 0 Å². The lowest BCUT2D eigenvalue weighted by Gasteiger charge is -2.26. The lowest BCUT2D eigenvalue weighted by atomic mass is 10.1. The summed E-state index contributed by atoms with van der Waals surface area (Å²) in [5.41, 5.74) is 2.84. The van der Waals surface area contributed by atoms with Crippen LogP contribution >= 0.6 is 0 Å². The monoisotopic (exact) mass is 380 g/mol. The smallest absolute Gasteiger partial charge is 0.339 e. The number of benzene rings is 2. The van der Waals surface area contributed by atoms with Gasteiger partial charge in [0.1, 0.15) is 0 Å². The van der Waals surface area contributed by atoms with Gasteiger partial charge >= 0.3 is 5.97 Å². The van der Waals surface area contributed by atoms with Crippen LogP contribution in [0, 0.1) is 0 Å². The van der Waals surface area contributed by atoms with Crippen LogP contribution < -0.4 is 9.80 Å². The van der Waals surface area contributed by atoms with E-state index in [-0.39, 0.29) is 30.8 Å². The highest BCUT2D eigenvalue weighted by molar-refractivity contribution is 6.03. The van der Waals surface area contributed by atoms with Gasteiger partial charge in [-0.15, -0.1) is 0 Å². The first-order valence-electron chi connectivity index (χ1n) is 9.29. The molecular formula is C22H24N2O4. The third-order valence-electron chi connectivity index (χ3n) is 5.01. The van der Waals surface area contributed by atoms with Crippen molar-refractivity contribution >= 4 is 29.2 Å². The number of amides is 2. The summed E-state index contributed by atoms with van der Waals surface area (Å²) in [6, 6.07) is 14.7. The summed E-state index contributed by atoms with van der Waals surface area (Å²) in [6.07, 6.45) is 0.983. The van der Waals surface area contributed by atoms with E-state index in [1.54, 1.807) is 29.2 Å². The van der Waals surface area contributed by atoms with Crippen LogP contribution in [0.4, 0.5) is 11.4 Å². The number of ether oxygens (including phenoxy) is 1. The molecule has 0 aromatic heterocycles. The third-order valence-corrected chi connectivity index (χ3v) is 5.01. The maximum absolute atomic E-state index is 12.9. The van der Waals surface area contributed by atoms with E-state index >= 15 is 0 Å². The van der Waals surface area contributed by atoms with Crippen molar-refractivity contribution in [3.05, 3.63) is 59.7 Å². The molecule has 28 heavy (non-hydrogen) atoms. The molecule has 146 valence electrons. The molecule has 0 spiro atoms. The molecule has 2 amide bonds. The van der Waals surface area contributed by atoms with Crippen LogP contribution in [0.2, 0.25) is 0 Å². The first-order valence-corrected chi connectivity index (χ1v) is 9.29. The predicted molar refractivity (Wildman–Crippen MR) is 108 cm³/mol. The molecule has 0 saturated carbocycles. The van der Waals surface area contributed by atoms with Gasteiger partial charge in [0.2, 0.25) is 11.8 Å². The standard InChI is InChI=1S/C22H24N2O4/c1-15-14-17-8-4-6-10-19(17)24(15)21(26)12-13-23(16(2)25)20-11-7-5-9-18(20)22(27)28-3/h4-11,15H,12-14H2,1-3H3. The molecule has 2 aromatic carbocycles. The number of hydrogen-bond donors (Lipinski definition) is 0. The summed E-state index contributed by atoms with van der Waals surface area (Å²) in [4.78, 5) is 40.5. The Bertz CT molecular complexity index is 909. The van der Waals surface area contributed by atoms with Crippen molar-refractivity contribution in [2.24, 2.45) is 0 Å². The normalized spacial score (nSPS) is 15.1. The Balaban J connectivity index is 1.79. The molecule has 1 heterocycles. The highest BCUT2D eigenvalue weighted by Gasteiger charge is 2.31. The molecule has 3 rings (SSSR count). The minimum atomic E-state index is -0.518. The summed E-state index contributed by atoms with van der Waals surface area (Å²) >= 11 is 0. The summed E-state index contributed by atoms with van der Waals surface area (Å²) in [5.74, 6) is -0.798.